The Bertz CT molecular complexity index is 2580. The zero-order chi connectivity index (χ0) is 31.4. The lowest BCUT2D eigenvalue weighted by molar-refractivity contribution is 0.590. The highest BCUT2D eigenvalue weighted by Crippen LogP contribution is 2.39. The standard InChI is InChI=1S/C40H33NO4/c1-39(2,3)22-14-16-29-25(18-22)26-19-23(40(4,5)6)15-17-30(26)41(29)31-11-9-13-33-36(31)38(43)28-21-34-27(20-35(28)45-33)37(42)24-10-7-8-12-32(24)44-34/h7-21H,1-6H3. The number of hydrogen-bond acceptors (Lipinski definition) is 4. The molecule has 222 valence electrons. The van der Waals surface area contributed by atoms with Crippen LogP contribution in [0.15, 0.2) is 109 Å². The molecular formula is C40H33NO4. The number of hydrogen-bond donors (Lipinski definition) is 0. The van der Waals surface area contributed by atoms with Gasteiger partial charge in [0.15, 0.2) is 0 Å². The van der Waals surface area contributed by atoms with Crippen LogP contribution in [0.2, 0.25) is 0 Å². The van der Waals surface area contributed by atoms with Crippen LogP contribution in [-0.4, -0.2) is 4.57 Å². The molecule has 0 radical (unpaired) electrons. The van der Waals surface area contributed by atoms with Gasteiger partial charge in [0, 0.05) is 10.8 Å². The Balaban J connectivity index is 1.48. The Labute approximate surface area is 259 Å². The van der Waals surface area contributed by atoms with Crippen molar-refractivity contribution >= 4 is 65.7 Å². The predicted molar refractivity (Wildman–Crippen MR) is 185 cm³/mol. The largest absolute Gasteiger partial charge is 0.456 e. The van der Waals surface area contributed by atoms with Crippen molar-refractivity contribution in [3.05, 3.63) is 123 Å². The second-order valence-electron chi connectivity index (χ2n) is 14.2. The number of nitrogens with zero attached hydrogens (tertiary/aromatic N) is 1. The van der Waals surface area contributed by atoms with Crippen LogP contribution >= 0.6 is 0 Å². The van der Waals surface area contributed by atoms with Gasteiger partial charge < -0.3 is 13.4 Å². The van der Waals surface area contributed by atoms with Crippen LogP contribution in [0, 0.1) is 0 Å². The van der Waals surface area contributed by atoms with Crippen molar-refractivity contribution in [1.82, 2.24) is 4.57 Å². The van der Waals surface area contributed by atoms with Crippen molar-refractivity contribution < 1.29 is 8.83 Å². The summed E-state index contributed by atoms with van der Waals surface area (Å²) in [6.45, 7) is 13.4. The lowest BCUT2D eigenvalue weighted by Crippen LogP contribution is -2.10. The smallest absolute Gasteiger partial charge is 0.202 e. The summed E-state index contributed by atoms with van der Waals surface area (Å²) in [6, 6.07) is 29.4. The minimum Gasteiger partial charge on any atom is -0.456 e. The molecule has 0 fully saturated rings. The van der Waals surface area contributed by atoms with Gasteiger partial charge in [-0.3, -0.25) is 9.59 Å². The molecule has 8 rings (SSSR count). The van der Waals surface area contributed by atoms with Gasteiger partial charge in [0.2, 0.25) is 10.9 Å². The van der Waals surface area contributed by atoms with E-state index in [1.54, 1.807) is 24.3 Å². The molecule has 8 aromatic rings. The van der Waals surface area contributed by atoms with Crippen LogP contribution in [-0.2, 0) is 10.8 Å². The van der Waals surface area contributed by atoms with Gasteiger partial charge in [-0.25, -0.2) is 0 Å². The normalized spacial score (nSPS) is 12.8. The highest BCUT2D eigenvalue weighted by molar-refractivity contribution is 6.11. The van der Waals surface area contributed by atoms with E-state index in [2.05, 4.69) is 82.5 Å². The monoisotopic (exact) mass is 591 g/mol. The van der Waals surface area contributed by atoms with E-state index >= 15 is 0 Å². The highest BCUT2D eigenvalue weighted by atomic mass is 16.3. The fraction of sp³-hybridized carbons (Fsp3) is 0.200. The number of benzene rings is 5. The van der Waals surface area contributed by atoms with E-state index in [1.807, 2.05) is 30.3 Å². The van der Waals surface area contributed by atoms with Crippen LogP contribution in [0.4, 0.5) is 0 Å². The van der Waals surface area contributed by atoms with Crippen molar-refractivity contribution in [1.29, 1.82) is 0 Å². The quantitative estimate of drug-likeness (QED) is 0.178. The Morgan fingerprint density at radius 1 is 0.489 bits per heavy atom. The second-order valence-corrected chi connectivity index (χ2v) is 14.2. The molecular weight excluding hydrogens is 558 g/mol. The molecule has 0 saturated carbocycles. The van der Waals surface area contributed by atoms with Crippen LogP contribution < -0.4 is 10.9 Å². The van der Waals surface area contributed by atoms with Crippen molar-refractivity contribution in [3.63, 3.8) is 0 Å². The predicted octanol–water partition coefficient (Wildman–Crippen LogP) is 9.90. The third-order valence-corrected chi connectivity index (χ3v) is 9.11. The van der Waals surface area contributed by atoms with E-state index in [-0.39, 0.29) is 21.7 Å². The molecule has 0 aliphatic carbocycles. The molecule has 45 heavy (non-hydrogen) atoms. The van der Waals surface area contributed by atoms with E-state index in [0.717, 1.165) is 27.5 Å². The first kappa shape index (κ1) is 27.4. The molecule has 0 saturated heterocycles. The second kappa shape index (κ2) is 9.18. The SMILES string of the molecule is CC(C)(C)c1ccc2c(c1)c1cc(C(C)(C)C)ccc1n2-c1cccc2oc3cc4c(=O)c5ccccc5oc4cc3c(=O)c12. The van der Waals surface area contributed by atoms with Gasteiger partial charge in [-0.15, -0.1) is 0 Å². The molecule has 3 heterocycles. The molecule has 0 bridgehead atoms. The molecule has 0 aliphatic heterocycles. The molecule has 5 nitrogen and oxygen atoms in total. The summed E-state index contributed by atoms with van der Waals surface area (Å²) < 4.78 is 14.7. The summed E-state index contributed by atoms with van der Waals surface area (Å²) in [5, 5.41) is 4.01. The van der Waals surface area contributed by atoms with Gasteiger partial charge in [0.1, 0.15) is 22.3 Å². The van der Waals surface area contributed by atoms with Crippen molar-refractivity contribution in [3.8, 4) is 5.69 Å². The maximum atomic E-state index is 14.4. The molecule has 5 aromatic carbocycles. The van der Waals surface area contributed by atoms with E-state index in [1.165, 1.54) is 11.1 Å². The summed E-state index contributed by atoms with van der Waals surface area (Å²) in [4.78, 5) is 27.8. The van der Waals surface area contributed by atoms with Gasteiger partial charge in [0.05, 0.1) is 38.3 Å². The molecule has 0 spiro atoms. The summed E-state index contributed by atoms with van der Waals surface area (Å²) >= 11 is 0. The third kappa shape index (κ3) is 4.07. The van der Waals surface area contributed by atoms with Crippen LogP contribution in [0.3, 0.4) is 0 Å². The van der Waals surface area contributed by atoms with Crippen LogP contribution in [0.1, 0.15) is 52.7 Å². The fourth-order valence-electron chi connectivity index (χ4n) is 6.58. The maximum Gasteiger partial charge on any atom is 0.202 e. The number of fused-ring (bicyclic) bond motifs is 7. The molecule has 3 aromatic heterocycles. The molecule has 0 N–H and O–H groups in total. The third-order valence-electron chi connectivity index (χ3n) is 9.11. The maximum absolute atomic E-state index is 14.4. The van der Waals surface area contributed by atoms with Gasteiger partial charge in [-0.2, -0.15) is 0 Å². The average Bonchev–Trinajstić information content (AvgIpc) is 3.33. The lowest BCUT2D eigenvalue weighted by Gasteiger charge is -2.19. The first-order valence-electron chi connectivity index (χ1n) is 15.3. The van der Waals surface area contributed by atoms with Crippen molar-refractivity contribution in [2.75, 3.05) is 0 Å². The minimum atomic E-state index is -0.174. The molecule has 0 atom stereocenters. The Hall–Kier alpha value is -5.16. The first-order valence-corrected chi connectivity index (χ1v) is 15.3. The molecule has 0 amide bonds. The van der Waals surface area contributed by atoms with E-state index in [0.29, 0.717) is 43.9 Å². The number of para-hydroxylation sites is 1. The minimum absolute atomic E-state index is 0.0210. The zero-order valence-corrected chi connectivity index (χ0v) is 26.2. The molecule has 0 unspecified atom stereocenters. The van der Waals surface area contributed by atoms with E-state index in [4.69, 9.17) is 8.83 Å². The van der Waals surface area contributed by atoms with Gasteiger partial charge in [0.25, 0.3) is 0 Å². The zero-order valence-electron chi connectivity index (χ0n) is 26.2. The molecule has 5 heteroatoms. The topological polar surface area (TPSA) is 65.3 Å². The number of rotatable bonds is 1. The molecule has 0 aliphatic rings. The average molecular weight is 592 g/mol. The summed E-state index contributed by atoms with van der Waals surface area (Å²) in [7, 11) is 0. The lowest BCUT2D eigenvalue weighted by atomic mass is 9.85. The van der Waals surface area contributed by atoms with Gasteiger partial charge in [-0.05, 0) is 82.6 Å². The van der Waals surface area contributed by atoms with Crippen LogP contribution in [0.25, 0.3) is 71.4 Å². The van der Waals surface area contributed by atoms with Gasteiger partial charge in [-0.1, -0.05) is 71.9 Å². The van der Waals surface area contributed by atoms with Crippen LogP contribution in [0.5, 0.6) is 0 Å². The summed E-state index contributed by atoms with van der Waals surface area (Å²) in [6.07, 6.45) is 0. The number of aromatic nitrogens is 1. The first-order chi connectivity index (χ1) is 21.4. The Morgan fingerprint density at radius 2 is 1.02 bits per heavy atom. The van der Waals surface area contributed by atoms with E-state index < -0.39 is 0 Å². The Morgan fingerprint density at radius 3 is 1.62 bits per heavy atom. The van der Waals surface area contributed by atoms with Gasteiger partial charge >= 0.3 is 0 Å². The van der Waals surface area contributed by atoms with Crippen molar-refractivity contribution in [2.24, 2.45) is 0 Å². The summed E-state index contributed by atoms with van der Waals surface area (Å²) in [5.41, 5.74) is 6.57. The summed E-state index contributed by atoms with van der Waals surface area (Å²) in [5.74, 6) is 0. The van der Waals surface area contributed by atoms with E-state index in [9.17, 15) is 9.59 Å². The Kier molecular flexibility index (Phi) is 5.59. The fourth-order valence-corrected chi connectivity index (χ4v) is 6.58. The highest BCUT2D eigenvalue weighted by Gasteiger charge is 2.23. The van der Waals surface area contributed by atoms with Crippen molar-refractivity contribution in [2.45, 2.75) is 52.4 Å².